The van der Waals surface area contributed by atoms with Crippen LogP contribution < -0.4 is 9.47 Å². The third-order valence-corrected chi connectivity index (χ3v) is 4.14. The smallest absolute Gasteiger partial charge is 0.336 e. The fourth-order valence-electron chi connectivity index (χ4n) is 2.67. The third-order valence-electron chi connectivity index (χ3n) is 4.14. The summed E-state index contributed by atoms with van der Waals surface area (Å²) >= 11 is 0. The van der Waals surface area contributed by atoms with Gasteiger partial charge in [-0.2, -0.15) is 0 Å². The van der Waals surface area contributed by atoms with Gasteiger partial charge in [-0.1, -0.05) is 42.5 Å². The normalized spacial score (nSPS) is 11.1. The second-order valence-electron chi connectivity index (χ2n) is 6.05. The van der Waals surface area contributed by atoms with Crippen molar-refractivity contribution >= 4 is 17.6 Å². The zero-order valence-corrected chi connectivity index (χ0v) is 15.3. The zero-order valence-electron chi connectivity index (χ0n) is 15.3. The molecule has 0 aliphatic carbocycles. The van der Waals surface area contributed by atoms with Gasteiger partial charge in [-0.3, -0.25) is 0 Å². The molecule has 4 nitrogen and oxygen atoms in total. The lowest BCUT2D eigenvalue weighted by molar-refractivity contribution is -0.130. The van der Waals surface area contributed by atoms with Crippen LogP contribution in [-0.4, -0.2) is 18.2 Å². The van der Waals surface area contributed by atoms with Gasteiger partial charge in [-0.15, -0.1) is 0 Å². The number of methoxy groups -OCH3 is 1. The van der Waals surface area contributed by atoms with E-state index in [1.807, 2.05) is 6.07 Å². The maximum absolute atomic E-state index is 13.1. The Morgan fingerprint density at radius 3 is 2.39 bits per heavy atom. The molecule has 5 heteroatoms. The molecule has 0 saturated carbocycles. The van der Waals surface area contributed by atoms with Gasteiger partial charge in [0.2, 0.25) is 0 Å². The first-order chi connectivity index (χ1) is 13.6. The number of hydrogen-bond donors (Lipinski definition) is 1. The van der Waals surface area contributed by atoms with E-state index in [4.69, 9.17) is 9.47 Å². The molecule has 0 aromatic heterocycles. The number of halogens is 1. The molecule has 142 valence electrons. The Morgan fingerprint density at radius 1 is 1.04 bits per heavy atom. The monoisotopic (exact) mass is 378 g/mol. The fourth-order valence-corrected chi connectivity index (χ4v) is 2.67. The van der Waals surface area contributed by atoms with Crippen LogP contribution in [0, 0.1) is 5.82 Å². The van der Waals surface area contributed by atoms with Crippen molar-refractivity contribution in [3.63, 3.8) is 0 Å². The van der Waals surface area contributed by atoms with Crippen molar-refractivity contribution in [1.82, 2.24) is 0 Å². The van der Waals surface area contributed by atoms with Gasteiger partial charge >= 0.3 is 5.97 Å². The number of ether oxygens (including phenoxy) is 2. The molecule has 0 atom stereocenters. The van der Waals surface area contributed by atoms with Gasteiger partial charge in [0, 0.05) is 11.6 Å². The molecule has 3 aromatic carbocycles. The van der Waals surface area contributed by atoms with Crippen molar-refractivity contribution in [3.8, 4) is 11.5 Å². The lowest BCUT2D eigenvalue weighted by Gasteiger charge is -2.12. The second kappa shape index (κ2) is 8.86. The molecule has 0 heterocycles. The molecule has 0 radical (unpaired) electrons. The number of hydrogen-bond acceptors (Lipinski definition) is 3. The maximum Gasteiger partial charge on any atom is 0.336 e. The van der Waals surface area contributed by atoms with Crippen molar-refractivity contribution in [2.24, 2.45) is 0 Å². The summed E-state index contributed by atoms with van der Waals surface area (Å²) in [5.74, 6) is -0.296. The molecule has 3 rings (SSSR count). The largest absolute Gasteiger partial charge is 0.497 e. The van der Waals surface area contributed by atoms with Crippen LogP contribution in [-0.2, 0) is 11.4 Å². The van der Waals surface area contributed by atoms with E-state index in [9.17, 15) is 14.3 Å². The van der Waals surface area contributed by atoms with E-state index in [0.717, 1.165) is 5.56 Å². The third kappa shape index (κ3) is 4.76. The first kappa shape index (κ1) is 19.2. The van der Waals surface area contributed by atoms with E-state index in [2.05, 4.69) is 0 Å². The van der Waals surface area contributed by atoms with Crippen molar-refractivity contribution in [1.29, 1.82) is 0 Å². The van der Waals surface area contributed by atoms with E-state index >= 15 is 0 Å². The van der Waals surface area contributed by atoms with Crippen LogP contribution in [0.2, 0.25) is 0 Å². The summed E-state index contributed by atoms with van der Waals surface area (Å²) in [6, 6.07) is 20.0. The quantitative estimate of drug-likeness (QED) is 0.462. The predicted octanol–water partition coefficient (Wildman–Crippen LogP) is 5.04. The molecule has 0 saturated heterocycles. The molecular weight excluding hydrogens is 359 g/mol. The van der Waals surface area contributed by atoms with Crippen molar-refractivity contribution < 1.29 is 23.8 Å². The van der Waals surface area contributed by atoms with Gasteiger partial charge in [0.15, 0.2) is 0 Å². The van der Waals surface area contributed by atoms with E-state index < -0.39 is 5.97 Å². The van der Waals surface area contributed by atoms with Gasteiger partial charge in [-0.25, -0.2) is 9.18 Å². The number of benzene rings is 3. The van der Waals surface area contributed by atoms with Crippen LogP contribution in [0.3, 0.4) is 0 Å². The lowest BCUT2D eigenvalue weighted by Crippen LogP contribution is -2.01. The van der Waals surface area contributed by atoms with Crippen LogP contribution >= 0.6 is 0 Å². The highest BCUT2D eigenvalue weighted by atomic mass is 19.1. The van der Waals surface area contributed by atoms with Gasteiger partial charge in [-0.05, 0) is 41.5 Å². The van der Waals surface area contributed by atoms with E-state index in [0.29, 0.717) is 22.6 Å². The summed E-state index contributed by atoms with van der Waals surface area (Å²) < 4.78 is 24.2. The zero-order chi connectivity index (χ0) is 19.9. The Balaban J connectivity index is 1.95. The fraction of sp³-hybridized carbons (Fsp3) is 0.0870. The average molecular weight is 378 g/mol. The highest BCUT2D eigenvalue weighted by molar-refractivity contribution is 6.20. The molecular formula is C23H19FO4. The molecule has 28 heavy (non-hydrogen) atoms. The summed E-state index contributed by atoms with van der Waals surface area (Å²) in [5, 5.41) is 9.64. The molecule has 0 unspecified atom stereocenters. The first-order valence-electron chi connectivity index (χ1n) is 8.62. The SMILES string of the molecule is COc1ccc(/C=C(\C(=O)O)c2ccccc2)c(OCc2ccc(F)cc2)c1. The molecule has 0 amide bonds. The molecule has 1 N–H and O–H groups in total. The van der Waals surface area contributed by atoms with Gasteiger partial charge in [0.1, 0.15) is 23.9 Å². The topological polar surface area (TPSA) is 55.8 Å². The highest BCUT2D eigenvalue weighted by Crippen LogP contribution is 2.29. The van der Waals surface area contributed by atoms with Crippen LogP contribution in [0.1, 0.15) is 16.7 Å². The minimum atomic E-state index is -1.04. The maximum atomic E-state index is 13.1. The Kier molecular flexibility index (Phi) is 6.07. The molecule has 3 aromatic rings. The predicted molar refractivity (Wildman–Crippen MR) is 106 cm³/mol. The summed E-state index contributed by atoms with van der Waals surface area (Å²) in [4.78, 5) is 11.8. The molecule has 0 fully saturated rings. The molecule has 0 bridgehead atoms. The number of rotatable bonds is 7. The van der Waals surface area contributed by atoms with Crippen LogP contribution in [0.4, 0.5) is 4.39 Å². The standard InChI is InChI=1S/C23H19FO4/c1-27-20-12-9-18(13-21(23(25)26)17-5-3-2-4-6-17)22(14-20)28-15-16-7-10-19(24)11-8-16/h2-14H,15H2,1H3,(H,25,26)/b21-13-. The number of aliphatic carboxylic acids is 1. The Bertz CT molecular complexity index is 979. The van der Waals surface area contributed by atoms with Crippen LogP contribution in [0.25, 0.3) is 11.6 Å². The Hall–Kier alpha value is -3.60. The number of carboxylic acids is 1. The molecule has 0 aliphatic rings. The van der Waals surface area contributed by atoms with Crippen LogP contribution in [0.15, 0.2) is 72.8 Å². The van der Waals surface area contributed by atoms with Gasteiger partial charge < -0.3 is 14.6 Å². The number of carboxylic acid groups (broad SMARTS) is 1. The van der Waals surface area contributed by atoms with Crippen molar-refractivity contribution in [2.45, 2.75) is 6.61 Å². The summed E-state index contributed by atoms with van der Waals surface area (Å²) in [5.41, 5.74) is 2.14. The first-order valence-corrected chi connectivity index (χ1v) is 8.62. The number of carbonyl (C=O) groups is 1. The van der Waals surface area contributed by atoms with Crippen LogP contribution in [0.5, 0.6) is 11.5 Å². The van der Waals surface area contributed by atoms with Crippen molar-refractivity contribution in [2.75, 3.05) is 7.11 Å². The summed E-state index contributed by atoms with van der Waals surface area (Å²) in [6.45, 7) is 0.210. The highest BCUT2D eigenvalue weighted by Gasteiger charge is 2.13. The minimum absolute atomic E-state index is 0.150. The summed E-state index contributed by atoms with van der Waals surface area (Å²) in [7, 11) is 1.54. The van der Waals surface area contributed by atoms with Crippen molar-refractivity contribution in [3.05, 3.63) is 95.3 Å². The minimum Gasteiger partial charge on any atom is -0.497 e. The molecule has 0 spiro atoms. The summed E-state index contributed by atoms with van der Waals surface area (Å²) in [6.07, 6.45) is 1.57. The van der Waals surface area contributed by atoms with E-state index in [1.165, 1.54) is 12.1 Å². The Morgan fingerprint density at radius 2 is 1.75 bits per heavy atom. The van der Waals surface area contributed by atoms with Gasteiger partial charge in [0.05, 0.1) is 12.7 Å². The van der Waals surface area contributed by atoms with Gasteiger partial charge in [0.25, 0.3) is 0 Å². The Labute approximate surface area is 162 Å². The van der Waals surface area contributed by atoms with E-state index in [-0.39, 0.29) is 18.0 Å². The van der Waals surface area contributed by atoms with E-state index in [1.54, 1.807) is 67.8 Å². The second-order valence-corrected chi connectivity index (χ2v) is 6.05. The average Bonchev–Trinajstić information content (AvgIpc) is 2.72. The molecule has 0 aliphatic heterocycles. The lowest BCUT2D eigenvalue weighted by atomic mass is 10.0.